The zero-order valence-corrected chi connectivity index (χ0v) is 20.4. The molecule has 0 radical (unpaired) electrons. The number of aryl methyl sites for hydroxylation is 1. The summed E-state index contributed by atoms with van der Waals surface area (Å²) >= 11 is 1.55. The third-order valence-electron chi connectivity index (χ3n) is 5.87. The highest BCUT2D eigenvalue weighted by Gasteiger charge is 2.32. The van der Waals surface area contributed by atoms with Crippen molar-refractivity contribution in [2.75, 3.05) is 6.54 Å². The van der Waals surface area contributed by atoms with Crippen LogP contribution >= 0.6 is 11.3 Å². The monoisotopic (exact) mass is 485 g/mol. The van der Waals surface area contributed by atoms with Crippen LogP contribution in [0.1, 0.15) is 49.2 Å². The number of aromatic nitrogens is 1. The molecule has 0 saturated carbocycles. The number of nitrogens with one attached hydrogen (secondary N) is 2. The fourth-order valence-electron chi connectivity index (χ4n) is 3.99. The Kier molecular flexibility index (Phi) is 9.33. The minimum absolute atomic E-state index is 0.0889. The molecule has 0 bridgehead atoms. The lowest BCUT2D eigenvalue weighted by atomic mass is 9.87. The molecular formula is C25H31N3O5S. The zero-order valence-electron chi connectivity index (χ0n) is 19.5. The summed E-state index contributed by atoms with van der Waals surface area (Å²) in [5, 5.41) is 5.31. The van der Waals surface area contributed by atoms with Gasteiger partial charge in [-0.25, -0.2) is 9.78 Å². The first-order chi connectivity index (χ1) is 16.3. The highest BCUT2D eigenvalue weighted by atomic mass is 32.1. The maximum Gasteiger partial charge on any atom is 0.408 e. The van der Waals surface area contributed by atoms with E-state index in [9.17, 15) is 19.2 Å². The van der Waals surface area contributed by atoms with Gasteiger partial charge in [0, 0.05) is 30.2 Å². The summed E-state index contributed by atoms with van der Waals surface area (Å²) in [5.74, 6) is -2.48. The van der Waals surface area contributed by atoms with E-state index in [2.05, 4.69) is 15.6 Å². The number of carbonyl (C=O) groups excluding carboxylic acids is 4. The van der Waals surface area contributed by atoms with E-state index < -0.39 is 29.7 Å². The lowest BCUT2D eigenvalue weighted by molar-refractivity contribution is -0.141. The number of Topliss-reactive ketones (excluding diaryl/α,β-unsaturated/α-hetero) is 2. The van der Waals surface area contributed by atoms with E-state index in [1.54, 1.807) is 16.8 Å². The molecule has 1 aliphatic rings. The van der Waals surface area contributed by atoms with E-state index in [1.807, 2.05) is 44.2 Å². The molecule has 2 unspecified atom stereocenters. The lowest BCUT2D eigenvalue weighted by Gasteiger charge is -2.23. The van der Waals surface area contributed by atoms with Gasteiger partial charge in [-0.05, 0) is 30.7 Å². The van der Waals surface area contributed by atoms with Gasteiger partial charge in [0.1, 0.15) is 6.61 Å². The molecule has 0 saturated heterocycles. The Balaban J connectivity index is 1.62. The minimum Gasteiger partial charge on any atom is -0.445 e. The van der Waals surface area contributed by atoms with Gasteiger partial charge < -0.3 is 15.4 Å². The number of amides is 2. The summed E-state index contributed by atoms with van der Waals surface area (Å²) in [6.07, 6.45) is 1.57. The van der Waals surface area contributed by atoms with Gasteiger partial charge in [0.2, 0.25) is 5.78 Å². The van der Waals surface area contributed by atoms with Crippen molar-refractivity contribution in [3.8, 4) is 0 Å². The van der Waals surface area contributed by atoms with Crippen molar-refractivity contribution in [3.63, 3.8) is 0 Å². The first kappa shape index (κ1) is 25.6. The molecule has 3 rings (SSSR count). The lowest BCUT2D eigenvalue weighted by Crippen LogP contribution is -2.46. The molecule has 1 aromatic heterocycles. The minimum atomic E-state index is -0.817. The second-order valence-electron chi connectivity index (χ2n) is 8.78. The SMILES string of the molecule is CC(C)C(NC(=O)OCc1ccccc1)C(=O)CC1CCCc2ncsc2CCNC(=O)C1=O. The van der Waals surface area contributed by atoms with Gasteiger partial charge in [-0.2, -0.15) is 0 Å². The summed E-state index contributed by atoms with van der Waals surface area (Å²) in [5.41, 5.74) is 3.61. The summed E-state index contributed by atoms with van der Waals surface area (Å²) in [7, 11) is 0. The molecule has 2 atom stereocenters. The maximum absolute atomic E-state index is 13.1. The van der Waals surface area contributed by atoms with Crippen LogP contribution < -0.4 is 10.6 Å². The Morgan fingerprint density at radius 2 is 1.97 bits per heavy atom. The highest BCUT2D eigenvalue weighted by molar-refractivity contribution is 7.09. The van der Waals surface area contributed by atoms with Crippen LogP contribution in [0.2, 0.25) is 0 Å². The van der Waals surface area contributed by atoms with Crippen LogP contribution in [0.3, 0.4) is 0 Å². The van der Waals surface area contributed by atoms with Crippen LogP contribution in [0, 0.1) is 11.8 Å². The topological polar surface area (TPSA) is 114 Å². The van der Waals surface area contributed by atoms with Gasteiger partial charge in [-0.3, -0.25) is 14.4 Å². The Labute approximate surface area is 203 Å². The molecule has 1 aromatic carbocycles. The van der Waals surface area contributed by atoms with Crippen molar-refractivity contribution >= 4 is 34.9 Å². The van der Waals surface area contributed by atoms with Crippen molar-refractivity contribution in [1.82, 2.24) is 15.6 Å². The van der Waals surface area contributed by atoms with Gasteiger partial charge in [0.25, 0.3) is 5.91 Å². The number of carbonyl (C=O) groups is 4. The van der Waals surface area contributed by atoms with Crippen LogP contribution in [0.25, 0.3) is 0 Å². The fraction of sp³-hybridized carbons (Fsp3) is 0.480. The number of alkyl carbamates (subject to hydrolysis) is 1. The molecule has 0 aliphatic carbocycles. The zero-order chi connectivity index (χ0) is 24.5. The largest absolute Gasteiger partial charge is 0.445 e. The van der Waals surface area contributed by atoms with Gasteiger partial charge in [0.05, 0.1) is 17.2 Å². The highest BCUT2D eigenvalue weighted by Crippen LogP contribution is 2.22. The van der Waals surface area contributed by atoms with Crippen LogP contribution in [0.5, 0.6) is 0 Å². The fourth-order valence-corrected chi connectivity index (χ4v) is 4.80. The number of hydrogen-bond acceptors (Lipinski definition) is 7. The van der Waals surface area contributed by atoms with E-state index in [1.165, 1.54) is 0 Å². The average molecular weight is 486 g/mol. The quantitative estimate of drug-likeness (QED) is 0.582. The summed E-state index contributed by atoms with van der Waals surface area (Å²) < 4.78 is 5.25. The number of ether oxygens (including phenoxy) is 1. The van der Waals surface area contributed by atoms with Gasteiger partial charge in [-0.15, -0.1) is 11.3 Å². The predicted octanol–water partition coefficient (Wildman–Crippen LogP) is 3.23. The van der Waals surface area contributed by atoms with Gasteiger partial charge >= 0.3 is 6.09 Å². The molecule has 34 heavy (non-hydrogen) atoms. The normalized spacial score (nSPS) is 17.8. The molecule has 182 valence electrons. The Hall–Kier alpha value is -3.07. The van der Waals surface area contributed by atoms with Crippen LogP contribution in [0.4, 0.5) is 4.79 Å². The third-order valence-corrected chi connectivity index (χ3v) is 6.81. The molecule has 2 aromatic rings. The number of rotatable bonds is 7. The molecule has 0 fully saturated rings. The Bertz CT molecular complexity index is 1000. The predicted molar refractivity (Wildman–Crippen MR) is 128 cm³/mol. The van der Waals surface area contributed by atoms with Crippen molar-refractivity contribution < 1.29 is 23.9 Å². The van der Waals surface area contributed by atoms with Crippen LogP contribution in [0.15, 0.2) is 35.8 Å². The van der Waals surface area contributed by atoms with E-state index in [0.29, 0.717) is 32.2 Å². The molecule has 2 N–H and O–H groups in total. The number of fused-ring (bicyclic) bond motifs is 1. The van der Waals surface area contributed by atoms with Gasteiger partial charge in [0.15, 0.2) is 5.78 Å². The number of benzene rings is 1. The first-order valence-corrected chi connectivity index (χ1v) is 12.5. The second kappa shape index (κ2) is 12.4. The summed E-state index contributed by atoms with van der Waals surface area (Å²) in [6.45, 7) is 4.07. The Morgan fingerprint density at radius 3 is 2.71 bits per heavy atom. The maximum atomic E-state index is 13.1. The van der Waals surface area contributed by atoms with Crippen LogP contribution in [-0.4, -0.2) is 41.1 Å². The molecule has 8 nitrogen and oxygen atoms in total. The summed E-state index contributed by atoms with van der Waals surface area (Å²) in [6, 6.07) is 8.43. The Morgan fingerprint density at radius 1 is 1.21 bits per heavy atom. The van der Waals surface area contributed by atoms with E-state index in [4.69, 9.17) is 4.74 Å². The summed E-state index contributed by atoms with van der Waals surface area (Å²) in [4.78, 5) is 56.2. The second-order valence-corrected chi connectivity index (χ2v) is 9.72. The number of nitrogens with zero attached hydrogens (tertiary/aromatic N) is 1. The van der Waals surface area contributed by atoms with Crippen molar-refractivity contribution in [2.24, 2.45) is 11.8 Å². The smallest absolute Gasteiger partial charge is 0.408 e. The van der Waals surface area contributed by atoms with Crippen molar-refractivity contribution in [3.05, 3.63) is 52.0 Å². The molecule has 2 amide bonds. The molecule has 1 aliphatic heterocycles. The van der Waals surface area contributed by atoms with Crippen molar-refractivity contribution in [1.29, 1.82) is 0 Å². The first-order valence-electron chi connectivity index (χ1n) is 11.6. The molecule has 0 spiro atoms. The van der Waals surface area contributed by atoms with E-state index in [-0.39, 0.29) is 24.7 Å². The number of ketones is 2. The number of thiazole rings is 1. The van der Waals surface area contributed by atoms with Crippen molar-refractivity contribution in [2.45, 2.75) is 58.6 Å². The van der Waals surface area contributed by atoms with E-state index in [0.717, 1.165) is 16.1 Å². The van der Waals surface area contributed by atoms with E-state index >= 15 is 0 Å². The molecule has 2 heterocycles. The number of hydrogen-bond donors (Lipinski definition) is 2. The van der Waals surface area contributed by atoms with Gasteiger partial charge in [-0.1, -0.05) is 44.2 Å². The average Bonchev–Trinajstić information content (AvgIpc) is 3.26. The third kappa shape index (κ3) is 7.21. The molecule has 9 heteroatoms. The standard InChI is InChI=1S/C25H31N3O5S/c1-16(2)22(28-25(32)33-14-17-7-4-3-5-8-17)20(29)13-18-9-6-10-19-21(34-15-27-19)11-12-26-24(31)23(18)30/h3-5,7-8,15-16,18,22H,6,9-14H2,1-2H3,(H,26,31)(H,28,32). The van der Waals surface area contributed by atoms with Crippen LogP contribution in [-0.2, 0) is 38.6 Å². The molecular weight excluding hydrogens is 454 g/mol.